The minimum Gasteiger partial charge on any atom is -0.465 e. The van der Waals surface area contributed by atoms with Gasteiger partial charge in [-0.3, -0.25) is 4.79 Å². The van der Waals surface area contributed by atoms with Gasteiger partial charge in [-0.25, -0.2) is 4.79 Å². The predicted molar refractivity (Wildman–Crippen MR) is 110 cm³/mol. The van der Waals surface area contributed by atoms with E-state index >= 15 is 0 Å². The lowest BCUT2D eigenvalue weighted by atomic mass is 9.58. The Morgan fingerprint density at radius 2 is 1.97 bits per heavy atom. The van der Waals surface area contributed by atoms with Gasteiger partial charge in [0.25, 0.3) is 0 Å². The van der Waals surface area contributed by atoms with Crippen molar-refractivity contribution in [2.75, 3.05) is 13.2 Å². The molecule has 29 heavy (non-hydrogen) atoms. The fourth-order valence-corrected chi connectivity index (χ4v) is 5.55. The van der Waals surface area contributed by atoms with E-state index in [-0.39, 0.29) is 35.9 Å². The van der Waals surface area contributed by atoms with Crippen LogP contribution < -0.4 is 0 Å². The zero-order valence-corrected chi connectivity index (χ0v) is 18.0. The van der Waals surface area contributed by atoms with Gasteiger partial charge in [-0.2, -0.15) is 0 Å². The molecule has 4 rings (SSSR count). The quantitative estimate of drug-likeness (QED) is 0.554. The summed E-state index contributed by atoms with van der Waals surface area (Å²) in [5.74, 6) is 0.0624. The molecule has 0 unspecified atom stereocenters. The summed E-state index contributed by atoms with van der Waals surface area (Å²) in [5.41, 5.74) is 1.17. The maximum atomic E-state index is 13.2. The average Bonchev–Trinajstić information content (AvgIpc) is 3.14. The largest absolute Gasteiger partial charge is 0.465 e. The first-order valence-electron chi connectivity index (χ1n) is 10.5. The molecule has 1 aromatic rings. The molecule has 0 saturated carbocycles. The molecule has 1 amide bonds. The number of hydrogen-bond donors (Lipinski definition) is 0. The van der Waals surface area contributed by atoms with Crippen LogP contribution in [0.15, 0.2) is 42.0 Å². The number of carbonyl (C=O) groups excluding carboxylic acids is 2. The summed E-state index contributed by atoms with van der Waals surface area (Å²) in [6.07, 6.45) is 2.56. The minimum absolute atomic E-state index is 0.0141. The standard InChI is InChI=1S/C24H31NO4/c1-15-11-18-13-28-21(26)24(18)14-25(22(27)29-23(3,4)5)19(20(24)16(15)2)12-17-9-7-6-8-10-17/h6-11,16,18-20H,12-14H2,1-5H3/t16-,18-,19+,20+,24+/m1/s1. The molecule has 2 heterocycles. The van der Waals surface area contributed by atoms with Crippen molar-refractivity contribution in [3.05, 3.63) is 47.5 Å². The number of carbonyl (C=O) groups is 2. The van der Waals surface area contributed by atoms with Crippen molar-refractivity contribution in [1.29, 1.82) is 0 Å². The molecule has 156 valence electrons. The highest BCUT2D eigenvalue weighted by Gasteiger charge is 2.68. The van der Waals surface area contributed by atoms with E-state index in [0.717, 1.165) is 5.56 Å². The maximum absolute atomic E-state index is 13.2. The van der Waals surface area contributed by atoms with E-state index < -0.39 is 11.0 Å². The number of esters is 1. The number of hydrogen-bond acceptors (Lipinski definition) is 4. The first-order valence-corrected chi connectivity index (χ1v) is 10.5. The Bertz CT molecular complexity index is 840. The predicted octanol–water partition coefficient (Wildman–Crippen LogP) is 4.22. The van der Waals surface area contributed by atoms with Crippen molar-refractivity contribution in [3.63, 3.8) is 0 Å². The molecule has 5 nitrogen and oxygen atoms in total. The summed E-state index contributed by atoms with van der Waals surface area (Å²) in [5, 5.41) is 0. The SMILES string of the molecule is CC1=C[C@@H]2COC(=O)[C@@]23CN(C(=O)OC(C)(C)C)[C@@H](Cc2ccccc2)[C@@H]3[C@@H]1C. The second kappa shape index (κ2) is 6.89. The van der Waals surface area contributed by atoms with Crippen LogP contribution in [-0.2, 0) is 20.7 Å². The number of ether oxygens (including phenoxy) is 2. The Labute approximate surface area is 173 Å². The molecule has 0 radical (unpaired) electrons. The van der Waals surface area contributed by atoms with Crippen LogP contribution in [-0.4, -0.2) is 41.8 Å². The van der Waals surface area contributed by atoms with Gasteiger partial charge < -0.3 is 14.4 Å². The first kappa shape index (κ1) is 20.0. The molecule has 1 aliphatic carbocycles. The number of nitrogens with zero attached hydrogens (tertiary/aromatic N) is 1. The van der Waals surface area contributed by atoms with Crippen molar-refractivity contribution in [2.45, 2.75) is 52.7 Å². The van der Waals surface area contributed by atoms with Gasteiger partial charge in [0.15, 0.2) is 0 Å². The third-order valence-electron chi connectivity index (χ3n) is 6.91. The van der Waals surface area contributed by atoms with Crippen LogP contribution in [0.5, 0.6) is 0 Å². The van der Waals surface area contributed by atoms with E-state index in [1.165, 1.54) is 5.57 Å². The summed E-state index contributed by atoms with van der Waals surface area (Å²) in [7, 11) is 0. The molecule has 5 atom stereocenters. The number of benzene rings is 1. The Morgan fingerprint density at radius 1 is 1.28 bits per heavy atom. The molecular formula is C24H31NO4. The molecule has 3 aliphatic rings. The van der Waals surface area contributed by atoms with Gasteiger partial charge in [-0.05, 0) is 45.6 Å². The van der Waals surface area contributed by atoms with E-state index in [9.17, 15) is 9.59 Å². The highest BCUT2D eigenvalue weighted by Crippen LogP contribution is 2.58. The van der Waals surface area contributed by atoms with Crippen molar-refractivity contribution < 1.29 is 19.1 Å². The van der Waals surface area contributed by atoms with Crippen molar-refractivity contribution >= 4 is 12.1 Å². The Kier molecular flexibility index (Phi) is 4.75. The van der Waals surface area contributed by atoms with Gasteiger partial charge in [0, 0.05) is 24.4 Å². The Morgan fingerprint density at radius 3 is 2.62 bits per heavy atom. The van der Waals surface area contributed by atoms with E-state index in [1.807, 2.05) is 43.9 Å². The summed E-state index contributed by atoms with van der Waals surface area (Å²) in [6, 6.07) is 10.1. The van der Waals surface area contributed by atoms with E-state index in [0.29, 0.717) is 19.6 Å². The Balaban J connectivity index is 1.77. The molecule has 0 N–H and O–H groups in total. The topological polar surface area (TPSA) is 55.8 Å². The summed E-state index contributed by atoms with van der Waals surface area (Å²) < 4.78 is 11.3. The molecular weight excluding hydrogens is 366 g/mol. The first-order chi connectivity index (χ1) is 13.6. The van der Waals surface area contributed by atoms with Crippen LogP contribution in [0.1, 0.15) is 40.2 Å². The van der Waals surface area contributed by atoms with E-state index in [2.05, 4.69) is 32.1 Å². The van der Waals surface area contributed by atoms with Crippen LogP contribution in [0.3, 0.4) is 0 Å². The normalized spacial score (nSPS) is 33.6. The fourth-order valence-electron chi connectivity index (χ4n) is 5.55. The molecule has 2 saturated heterocycles. The molecule has 5 heteroatoms. The summed E-state index contributed by atoms with van der Waals surface area (Å²) >= 11 is 0. The summed E-state index contributed by atoms with van der Waals surface area (Å²) in [6.45, 7) is 10.7. The minimum atomic E-state index is -0.671. The van der Waals surface area contributed by atoms with E-state index in [1.54, 1.807) is 0 Å². The average molecular weight is 398 g/mol. The maximum Gasteiger partial charge on any atom is 0.410 e. The number of cyclic esters (lactones) is 1. The highest BCUT2D eigenvalue weighted by atomic mass is 16.6. The van der Waals surface area contributed by atoms with Crippen LogP contribution >= 0.6 is 0 Å². The van der Waals surface area contributed by atoms with Gasteiger partial charge in [0.1, 0.15) is 11.0 Å². The zero-order chi connectivity index (χ0) is 21.0. The third kappa shape index (κ3) is 3.24. The lowest BCUT2D eigenvalue weighted by Gasteiger charge is -2.41. The number of amides is 1. The van der Waals surface area contributed by atoms with Gasteiger partial charge in [0.05, 0.1) is 6.61 Å². The van der Waals surface area contributed by atoms with Crippen molar-refractivity contribution in [3.8, 4) is 0 Å². The van der Waals surface area contributed by atoms with Crippen LogP contribution in [0, 0.1) is 23.2 Å². The van der Waals surface area contributed by atoms with Gasteiger partial charge in [-0.15, -0.1) is 0 Å². The third-order valence-corrected chi connectivity index (χ3v) is 6.91. The van der Waals surface area contributed by atoms with Crippen molar-refractivity contribution in [2.24, 2.45) is 23.2 Å². The van der Waals surface area contributed by atoms with Crippen LogP contribution in [0.2, 0.25) is 0 Å². The monoisotopic (exact) mass is 397 g/mol. The van der Waals surface area contributed by atoms with Gasteiger partial charge >= 0.3 is 12.1 Å². The molecule has 0 aromatic heterocycles. The smallest absolute Gasteiger partial charge is 0.410 e. The molecule has 1 aromatic carbocycles. The second-order valence-electron chi connectivity index (χ2n) is 9.84. The number of rotatable bonds is 2. The molecule has 2 fully saturated rings. The highest BCUT2D eigenvalue weighted by molar-refractivity contribution is 5.83. The number of likely N-dealkylation sites (tertiary alicyclic amines) is 1. The fraction of sp³-hybridized carbons (Fsp3) is 0.583. The molecule has 1 spiro atoms. The molecule has 2 aliphatic heterocycles. The van der Waals surface area contributed by atoms with E-state index in [4.69, 9.17) is 9.47 Å². The molecule has 0 bridgehead atoms. The van der Waals surface area contributed by atoms with Crippen LogP contribution in [0.4, 0.5) is 4.79 Å². The Hall–Kier alpha value is -2.30. The lowest BCUT2D eigenvalue weighted by molar-refractivity contribution is -0.148. The zero-order valence-electron chi connectivity index (χ0n) is 18.0. The van der Waals surface area contributed by atoms with Gasteiger partial charge in [-0.1, -0.05) is 48.9 Å². The second-order valence-corrected chi connectivity index (χ2v) is 9.84. The number of allylic oxidation sites excluding steroid dienone is 1. The summed E-state index contributed by atoms with van der Waals surface area (Å²) in [4.78, 5) is 28.1. The van der Waals surface area contributed by atoms with Crippen LogP contribution in [0.25, 0.3) is 0 Å². The lowest BCUT2D eigenvalue weighted by Crippen LogP contribution is -2.47. The van der Waals surface area contributed by atoms with Crippen molar-refractivity contribution in [1.82, 2.24) is 4.90 Å². The van der Waals surface area contributed by atoms with Gasteiger partial charge in [0.2, 0.25) is 0 Å².